The summed E-state index contributed by atoms with van der Waals surface area (Å²) in [4.78, 5) is 28.9. The van der Waals surface area contributed by atoms with Crippen LogP contribution < -0.4 is 20.9 Å². The summed E-state index contributed by atoms with van der Waals surface area (Å²) in [6.45, 7) is -1.16. The van der Waals surface area contributed by atoms with Gasteiger partial charge in [0.1, 0.15) is 22.8 Å². The SMILES string of the molecule is C.COC(=O)c1ccc(OCCC(F)(F)F)nc1N.Nc1nc(OCCC(F)(F)F)ccc1C(=O)O. The van der Waals surface area contributed by atoms with Crippen LogP contribution in [0, 0.1) is 0 Å². The van der Waals surface area contributed by atoms with Crippen LogP contribution in [-0.2, 0) is 4.74 Å². The molecule has 0 spiro atoms. The molecule has 0 aliphatic carbocycles. The van der Waals surface area contributed by atoms with Gasteiger partial charge in [-0.3, -0.25) is 0 Å². The van der Waals surface area contributed by atoms with Crippen molar-refractivity contribution in [1.29, 1.82) is 0 Å². The van der Waals surface area contributed by atoms with Crippen molar-refractivity contribution in [3.63, 3.8) is 0 Å². The number of nitrogens with zero attached hydrogens (tertiary/aromatic N) is 2. The number of nitrogen functional groups attached to an aromatic ring is 2. The smallest absolute Gasteiger partial charge is 0.392 e. The van der Waals surface area contributed by atoms with Gasteiger partial charge in [-0.2, -0.15) is 36.3 Å². The number of pyridine rings is 2. The van der Waals surface area contributed by atoms with E-state index < -0.39 is 50.3 Å². The quantitative estimate of drug-likeness (QED) is 0.335. The summed E-state index contributed by atoms with van der Waals surface area (Å²) in [6, 6.07) is 4.79. The average molecular weight is 530 g/mol. The van der Waals surface area contributed by atoms with Crippen molar-refractivity contribution in [3.8, 4) is 11.8 Å². The molecule has 0 unspecified atom stereocenters. The van der Waals surface area contributed by atoms with Gasteiger partial charge in [0, 0.05) is 12.1 Å². The maximum atomic E-state index is 11.9. The van der Waals surface area contributed by atoms with Gasteiger partial charge >= 0.3 is 24.3 Å². The molecule has 202 valence electrons. The second kappa shape index (κ2) is 13.8. The fraction of sp³-hybridized carbons (Fsp3) is 0.400. The zero-order chi connectivity index (χ0) is 26.8. The van der Waals surface area contributed by atoms with Gasteiger partial charge in [0.05, 0.1) is 33.2 Å². The van der Waals surface area contributed by atoms with E-state index in [9.17, 15) is 35.9 Å². The van der Waals surface area contributed by atoms with Gasteiger partial charge in [0.15, 0.2) is 0 Å². The minimum atomic E-state index is -4.31. The Morgan fingerprint density at radius 3 is 1.53 bits per heavy atom. The van der Waals surface area contributed by atoms with Gasteiger partial charge in [0.2, 0.25) is 11.8 Å². The zero-order valence-electron chi connectivity index (χ0n) is 17.9. The molecule has 2 heterocycles. The van der Waals surface area contributed by atoms with E-state index in [2.05, 4.69) is 14.7 Å². The maximum absolute atomic E-state index is 11.9. The Bertz CT molecular complexity index is 1020. The van der Waals surface area contributed by atoms with Crippen LogP contribution >= 0.6 is 0 Å². The number of esters is 1. The first kappa shape index (κ1) is 32.0. The van der Waals surface area contributed by atoms with Crippen molar-refractivity contribution in [2.24, 2.45) is 0 Å². The van der Waals surface area contributed by atoms with Gasteiger partial charge in [-0.1, -0.05) is 7.43 Å². The highest BCUT2D eigenvalue weighted by Gasteiger charge is 2.27. The molecule has 0 aliphatic rings. The van der Waals surface area contributed by atoms with Crippen LogP contribution in [0.2, 0.25) is 0 Å². The Balaban J connectivity index is 0.000000663. The van der Waals surface area contributed by atoms with Crippen molar-refractivity contribution in [1.82, 2.24) is 9.97 Å². The number of hydrogen-bond acceptors (Lipinski definition) is 9. The van der Waals surface area contributed by atoms with Crippen LogP contribution in [0.3, 0.4) is 0 Å². The lowest BCUT2D eigenvalue weighted by Gasteiger charge is -2.09. The summed E-state index contributed by atoms with van der Waals surface area (Å²) in [5.74, 6) is -2.63. The number of halogens is 6. The van der Waals surface area contributed by atoms with Gasteiger partial charge in [0.25, 0.3) is 0 Å². The van der Waals surface area contributed by atoms with E-state index in [-0.39, 0.29) is 41.9 Å². The molecule has 0 radical (unpaired) electrons. The summed E-state index contributed by atoms with van der Waals surface area (Å²) in [6.07, 6.45) is -10.8. The maximum Gasteiger partial charge on any atom is 0.392 e. The van der Waals surface area contributed by atoms with Crippen LogP contribution in [0.4, 0.5) is 38.0 Å². The molecule has 5 N–H and O–H groups in total. The van der Waals surface area contributed by atoms with E-state index in [4.69, 9.17) is 26.0 Å². The molecule has 0 aromatic carbocycles. The minimum absolute atomic E-state index is 0. The lowest BCUT2D eigenvalue weighted by Crippen LogP contribution is -2.14. The summed E-state index contributed by atoms with van der Waals surface area (Å²) >= 11 is 0. The van der Waals surface area contributed by atoms with Crippen molar-refractivity contribution >= 4 is 23.6 Å². The van der Waals surface area contributed by atoms with Gasteiger partial charge < -0.3 is 30.8 Å². The van der Waals surface area contributed by atoms with Crippen molar-refractivity contribution in [3.05, 3.63) is 35.4 Å². The number of carboxylic acid groups (broad SMARTS) is 1. The highest BCUT2D eigenvalue weighted by molar-refractivity contribution is 5.94. The standard InChI is InChI=1S/C10H11F3N2O3.C9H9F3N2O3.CH4/c1-17-9(16)6-2-3-7(15-8(6)14)18-5-4-10(11,12)13;10-9(11,12)3-4-17-6-2-1-5(8(15)16)7(13)14-6;/h2-3H,4-5H2,1H3,(H2,14,15);1-2H,3-4H2,(H2,13,14)(H,15,16);1H4. The molecule has 0 fully saturated rings. The Morgan fingerprint density at radius 1 is 0.833 bits per heavy atom. The molecular weight excluding hydrogens is 506 g/mol. The number of carbonyl (C=O) groups excluding carboxylic acids is 1. The molecule has 0 saturated heterocycles. The molecule has 36 heavy (non-hydrogen) atoms. The normalized spacial score (nSPS) is 10.9. The van der Waals surface area contributed by atoms with Crippen molar-refractivity contribution in [2.45, 2.75) is 32.6 Å². The Morgan fingerprint density at radius 2 is 1.22 bits per heavy atom. The molecule has 0 atom stereocenters. The van der Waals surface area contributed by atoms with E-state index in [1.54, 1.807) is 0 Å². The van der Waals surface area contributed by atoms with E-state index in [1.165, 1.54) is 19.2 Å². The highest BCUT2D eigenvalue weighted by atomic mass is 19.4. The van der Waals surface area contributed by atoms with Gasteiger partial charge in [-0.15, -0.1) is 0 Å². The largest absolute Gasteiger partial charge is 0.478 e. The Hall–Kier alpha value is -3.98. The molecule has 16 heteroatoms. The summed E-state index contributed by atoms with van der Waals surface area (Å²) in [5.41, 5.74) is 10.5. The molecule has 0 aliphatic heterocycles. The first-order valence-electron chi connectivity index (χ1n) is 9.36. The lowest BCUT2D eigenvalue weighted by atomic mass is 10.2. The van der Waals surface area contributed by atoms with E-state index in [1.807, 2.05) is 0 Å². The number of rotatable bonds is 8. The molecule has 2 aromatic rings. The van der Waals surface area contributed by atoms with Crippen LogP contribution in [-0.4, -0.2) is 59.7 Å². The Kier molecular flexibility index (Phi) is 12.3. The number of aromatic nitrogens is 2. The van der Waals surface area contributed by atoms with Crippen LogP contribution in [0.5, 0.6) is 11.8 Å². The molecule has 0 saturated carbocycles. The number of ether oxygens (including phenoxy) is 3. The molecule has 2 aromatic heterocycles. The number of anilines is 2. The third-order valence-electron chi connectivity index (χ3n) is 3.71. The van der Waals surface area contributed by atoms with Gasteiger partial charge in [-0.05, 0) is 12.1 Å². The average Bonchev–Trinajstić information content (AvgIpc) is 2.72. The monoisotopic (exact) mass is 530 g/mol. The molecule has 2 rings (SSSR count). The fourth-order valence-corrected chi connectivity index (χ4v) is 2.08. The predicted molar refractivity (Wildman–Crippen MR) is 115 cm³/mol. The molecular formula is C20H24F6N4O6. The number of hydrogen-bond donors (Lipinski definition) is 3. The van der Waals surface area contributed by atoms with E-state index >= 15 is 0 Å². The van der Waals surface area contributed by atoms with Crippen LogP contribution in [0.15, 0.2) is 24.3 Å². The Labute approximate surface area is 201 Å². The minimum Gasteiger partial charge on any atom is -0.478 e. The van der Waals surface area contributed by atoms with Gasteiger partial charge in [-0.25, -0.2) is 9.59 Å². The van der Waals surface area contributed by atoms with Crippen molar-refractivity contribution < 1.29 is 55.2 Å². The number of nitrogens with two attached hydrogens (primary N) is 2. The van der Waals surface area contributed by atoms with E-state index in [0.29, 0.717) is 0 Å². The van der Waals surface area contributed by atoms with Crippen LogP contribution in [0.25, 0.3) is 0 Å². The topological polar surface area (TPSA) is 160 Å². The zero-order valence-corrected chi connectivity index (χ0v) is 17.9. The molecule has 0 bridgehead atoms. The van der Waals surface area contributed by atoms with Crippen LogP contribution in [0.1, 0.15) is 41.0 Å². The summed E-state index contributed by atoms with van der Waals surface area (Å²) in [7, 11) is 1.18. The molecule has 10 nitrogen and oxygen atoms in total. The van der Waals surface area contributed by atoms with Crippen molar-refractivity contribution in [2.75, 3.05) is 31.8 Å². The van der Waals surface area contributed by atoms with E-state index in [0.717, 1.165) is 12.1 Å². The third kappa shape index (κ3) is 11.9. The first-order chi connectivity index (χ1) is 16.1. The lowest BCUT2D eigenvalue weighted by molar-refractivity contribution is -0.140. The first-order valence-corrected chi connectivity index (χ1v) is 9.36. The number of carboxylic acids is 1. The summed E-state index contributed by atoms with van der Waals surface area (Å²) < 4.78 is 84.9. The summed E-state index contributed by atoms with van der Waals surface area (Å²) in [5, 5.41) is 8.63. The second-order valence-corrected chi connectivity index (χ2v) is 6.39. The number of methoxy groups -OCH3 is 1. The third-order valence-corrected chi connectivity index (χ3v) is 3.71. The molecule has 0 amide bonds. The predicted octanol–water partition coefficient (Wildman–Crippen LogP) is 4.11. The fourth-order valence-electron chi connectivity index (χ4n) is 2.08. The second-order valence-electron chi connectivity index (χ2n) is 6.39. The number of carbonyl (C=O) groups is 2. The highest BCUT2D eigenvalue weighted by Crippen LogP contribution is 2.22. The number of alkyl halides is 6. The number of aromatic carboxylic acids is 1.